The van der Waals surface area contributed by atoms with Crippen LogP contribution < -0.4 is 9.91 Å². The van der Waals surface area contributed by atoms with E-state index in [2.05, 4.69) is 4.98 Å². The van der Waals surface area contributed by atoms with E-state index in [0.717, 1.165) is 11.4 Å². The van der Waals surface area contributed by atoms with E-state index in [4.69, 9.17) is 33.0 Å². The molecular weight excluding hydrogens is 495 g/mol. The Bertz CT molecular complexity index is 1370. The van der Waals surface area contributed by atoms with Gasteiger partial charge in [0, 0.05) is 17.1 Å². The molecule has 4 aliphatic heterocycles. The van der Waals surface area contributed by atoms with E-state index in [1.54, 1.807) is 17.6 Å². The van der Waals surface area contributed by atoms with Crippen LogP contribution in [0.1, 0.15) is 5.56 Å². The van der Waals surface area contributed by atoms with Crippen LogP contribution in [0.5, 0.6) is 0 Å². The third-order valence-electron chi connectivity index (χ3n) is 7.15. The zero-order chi connectivity index (χ0) is 23.1. The summed E-state index contributed by atoms with van der Waals surface area (Å²) in [6, 6.07) is 15.0. The van der Waals surface area contributed by atoms with Gasteiger partial charge in [-0.1, -0.05) is 53.5 Å². The second-order valence-electron chi connectivity index (χ2n) is 8.73. The Morgan fingerprint density at radius 2 is 1.68 bits per heavy atom. The fraction of sp³-hybridized carbons (Fsp3) is 0.250. The van der Waals surface area contributed by atoms with E-state index in [-0.39, 0.29) is 23.8 Å². The quantitative estimate of drug-likeness (QED) is 0.492. The summed E-state index contributed by atoms with van der Waals surface area (Å²) < 4.78 is 6.40. The smallest absolute Gasteiger partial charge is 0.242 e. The van der Waals surface area contributed by atoms with E-state index in [9.17, 15) is 9.59 Å². The lowest BCUT2D eigenvalue weighted by Gasteiger charge is -2.32. The highest BCUT2D eigenvalue weighted by molar-refractivity contribution is 7.14. The minimum Gasteiger partial charge on any atom is -0.370 e. The largest absolute Gasteiger partial charge is 0.370 e. The first-order chi connectivity index (χ1) is 16.6. The van der Waals surface area contributed by atoms with Crippen molar-refractivity contribution in [2.75, 3.05) is 9.91 Å². The van der Waals surface area contributed by atoms with E-state index < -0.39 is 24.0 Å². The van der Waals surface area contributed by atoms with E-state index >= 15 is 0 Å². The lowest BCUT2D eigenvalue weighted by molar-refractivity contribution is -0.125. The number of hydrogen-bond donors (Lipinski definition) is 0. The number of ether oxygens (including phenoxy) is 1. The van der Waals surface area contributed by atoms with Crippen molar-refractivity contribution in [2.24, 2.45) is 22.9 Å². The highest BCUT2D eigenvalue weighted by atomic mass is 35.5. The SMILES string of the molecule is O=C1[C@@H]2[C@@H]3O[C@@H]([C@H]4C(c5cccc(Cl)c5Cl)=NN(c5ccccc5)[C@@H]34)[C@@H]2C(=O)N1c1nccs1. The van der Waals surface area contributed by atoms with Crippen LogP contribution in [0.25, 0.3) is 0 Å². The number of hydrazone groups is 1. The maximum Gasteiger partial charge on any atom is 0.242 e. The maximum atomic E-state index is 13.5. The Morgan fingerprint density at radius 3 is 2.41 bits per heavy atom. The zero-order valence-electron chi connectivity index (χ0n) is 17.4. The number of benzene rings is 2. The molecule has 2 aromatic carbocycles. The number of nitrogens with zero attached hydrogens (tertiary/aromatic N) is 4. The first-order valence-electron chi connectivity index (χ1n) is 10.9. The molecule has 3 saturated heterocycles. The molecule has 0 aliphatic carbocycles. The van der Waals surface area contributed by atoms with Gasteiger partial charge in [-0.05, 0) is 18.2 Å². The average molecular weight is 511 g/mol. The number of imide groups is 1. The molecular formula is C24H16Cl2N4O3S. The van der Waals surface area contributed by atoms with Gasteiger partial charge in [-0.15, -0.1) is 11.3 Å². The van der Waals surface area contributed by atoms with Gasteiger partial charge in [0.15, 0.2) is 5.13 Å². The zero-order valence-corrected chi connectivity index (χ0v) is 19.7. The molecule has 2 bridgehead atoms. The molecule has 0 N–H and O–H groups in total. The molecule has 0 unspecified atom stereocenters. The van der Waals surface area contributed by atoms with Gasteiger partial charge in [0.05, 0.1) is 57.4 Å². The summed E-state index contributed by atoms with van der Waals surface area (Å²) in [5.41, 5.74) is 2.32. The van der Waals surface area contributed by atoms with Gasteiger partial charge in [-0.25, -0.2) is 9.88 Å². The number of amides is 2. The van der Waals surface area contributed by atoms with E-state index in [1.165, 1.54) is 16.2 Å². The third kappa shape index (κ3) is 2.62. The standard InChI is InChI=1S/C24H16Cl2N4O3S/c25-13-8-4-7-12(17(13)26)18-16-19(30(28-18)11-5-2-1-3-6-11)21-15-14(20(16)33-21)22(31)29(23(15)32)24-27-9-10-34-24/h1-10,14-16,19-21H/t14-,15+,16+,19-,20-,21+/m1/s1. The van der Waals surface area contributed by atoms with Crippen molar-refractivity contribution in [3.05, 3.63) is 75.7 Å². The van der Waals surface area contributed by atoms with Crippen molar-refractivity contribution < 1.29 is 14.3 Å². The van der Waals surface area contributed by atoms with E-state index in [1.807, 2.05) is 47.5 Å². The van der Waals surface area contributed by atoms with Gasteiger partial charge in [0.2, 0.25) is 11.8 Å². The van der Waals surface area contributed by atoms with Gasteiger partial charge < -0.3 is 4.74 Å². The normalized spacial score (nSPS) is 31.3. The fourth-order valence-electron chi connectivity index (χ4n) is 5.87. The summed E-state index contributed by atoms with van der Waals surface area (Å²) in [5, 5.41) is 9.90. The molecule has 6 atom stereocenters. The van der Waals surface area contributed by atoms with Crippen molar-refractivity contribution in [3.63, 3.8) is 0 Å². The molecule has 4 aliphatic rings. The summed E-state index contributed by atoms with van der Waals surface area (Å²) in [5.74, 6) is -1.90. The van der Waals surface area contributed by atoms with Crippen LogP contribution in [-0.4, -0.2) is 40.8 Å². The predicted molar refractivity (Wildman–Crippen MR) is 129 cm³/mol. The first kappa shape index (κ1) is 20.6. The van der Waals surface area contributed by atoms with Crippen LogP contribution in [0.3, 0.4) is 0 Å². The van der Waals surface area contributed by atoms with Gasteiger partial charge in [0.25, 0.3) is 0 Å². The van der Waals surface area contributed by atoms with Crippen LogP contribution in [0.2, 0.25) is 10.0 Å². The van der Waals surface area contributed by atoms with Crippen LogP contribution in [0.4, 0.5) is 10.8 Å². The second kappa shape index (κ2) is 7.36. The number of para-hydroxylation sites is 1. The summed E-state index contributed by atoms with van der Waals surface area (Å²) in [4.78, 5) is 32.4. The molecule has 2 amide bonds. The van der Waals surface area contributed by atoms with Crippen molar-refractivity contribution >= 4 is 62.9 Å². The molecule has 0 radical (unpaired) electrons. The Kier molecular flexibility index (Phi) is 4.45. The number of fused-ring (bicyclic) bond motifs is 8. The van der Waals surface area contributed by atoms with Gasteiger partial charge >= 0.3 is 0 Å². The van der Waals surface area contributed by atoms with Crippen molar-refractivity contribution in [1.29, 1.82) is 0 Å². The first-order valence-corrected chi connectivity index (χ1v) is 12.5. The Labute approximate surface area is 208 Å². The Hall–Kier alpha value is -2.78. The number of thiazole rings is 1. The maximum absolute atomic E-state index is 13.5. The number of hydrogen-bond acceptors (Lipinski definition) is 7. The van der Waals surface area contributed by atoms with Crippen LogP contribution >= 0.6 is 34.5 Å². The minimum absolute atomic E-state index is 0.240. The highest BCUT2D eigenvalue weighted by Gasteiger charge is 2.72. The number of rotatable bonds is 3. The van der Waals surface area contributed by atoms with Crippen molar-refractivity contribution in [3.8, 4) is 0 Å². The number of anilines is 2. The molecule has 7 nitrogen and oxygen atoms in total. The van der Waals surface area contributed by atoms with Crippen LogP contribution in [-0.2, 0) is 14.3 Å². The van der Waals surface area contributed by atoms with Crippen LogP contribution in [0, 0.1) is 17.8 Å². The molecule has 0 saturated carbocycles. The number of carbonyl (C=O) groups is 2. The van der Waals surface area contributed by atoms with Gasteiger partial charge in [-0.3, -0.25) is 14.6 Å². The minimum atomic E-state index is -0.582. The highest BCUT2D eigenvalue weighted by Crippen LogP contribution is 2.57. The molecule has 3 fully saturated rings. The third-order valence-corrected chi connectivity index (χ3v) is 8.73. The summed E-state index contributed by atoms with van der Waals surface area (Å²) >= 11 is 14.2. The lowest BCUT2D eigenvalue weighted by atomic mass is 9.70. The fourth-order valence-corrected chi connectivity index (χ4v) is 6.92. The summed E-state index contributed by atoms with van der Waals surface area (Å²) in [7, 11) is 0. The predicted octanol–water partition coefficient (Wildman–Crippen LogP) is 4.25. The number of halogens is 2. The lowest BCUT2D eigenvalue weighted by Crippen LogP contribution is -2.50. The molecule has 10 heteroatoms. The second-order valence-corrected chi connectivity index (χ2v) is 10.4. The topological polar surface area (TPSA) is 75.1 Å². The Balaban J connectivity index is 1.36. The average Bonchev–Trinajstić information content (AvgIpc) is 3.64. The molecule has 5 heterocycles. The van der Waals surface area contributed by atoms with Gasteiger partial charge in [-0.2, -0.15) is 5.10 Å². The molecule has 1 aromatic heterocycles. The van der Waals surface area contributed by atoms with Gasteiger partial charge in [0.1, 0.15) is 0 Å². The molecule has 7 rings (SSSR count). The van der Waals surface area contributed by atoms with Crippen molar-refractivity contribution in [2.45, 2.75) is 18.2 Å². The molecule has 3 aromatic rings. The molecule has 34 heavy (non-hydrogen) atoms. The molecule has 0 spiro atoms. The summed E-state index contributed by atoms with van der Waals surface area (Å²) in [6.07, 6.45) is 0.613. The number of carbonyl (C=O) groups excluding carboxylic acids is 2. The van der Waals surface area contributed by atoms with E-state index in [0.29, 0.717) is 20.7 Å². The number of aromatic nitrogens is 1. The van der Waals surface area contributed by atoms with Crippen LogP contribution in [0.15, 0.2) is 65.2 Å². The monoisotopic (exact) mass is 510 g/mol. The molecule has 170 valence electrons. The Morgan fingerprint density at radius 1 is 0.912 bits per heavy atom. The van der Waals surface area contributed by atoms with Crippen molar-refractivity contribution in [1.82, 2.24) is 4.98 Å². The summed E-state index contributed by atoms with van der Waals surface area (Å²) in [6.45, 7) is 0.